The van der Waals surface area contributed by atoms with Gasteiger partial charge in [-0.15, -0.1) is 0 Å². The number of rotatable bonds is 3. The zero-order valence-electron chi connectivity index (χ0n) is 6.83. The molecule has 3 nitrogen and oxygen atoms in total. The summed E-state index contributed by atoms with van der Waals surface area (Å²) < 4.78 is 0. The van der Waals surface area contributed by atoms with Crippen LogP contribution in [0.4, 0.5) is 0 Å². The molecule has 0 unspecified atom stereocenters. The van der Waals surface area contributed by atoms with Gasteiger partial charge in [-0.25, -0.2) is 0 Å². The summed E-state index contributed by atoms with van der Waals surface area (Å²) in [4.78, 5) is 0. The summed E-state index contributed by atoms with van der Waals surface area (Å²) in [7, 11) is 0. The van der Waals surface area contributed by atoms with Crippen LogP contribution in [0.3, 0.4) is 0 Å². The van der Waals surface area contributed by atoms with Crippen LogP contribution in [-0.4, -0.2) is 16.8 Å². The Morgan fingerprint density at radius 1 is 1.33 bits per heavy atom. The molecule has 0 aliphatic rings. The highest BCUT2D eigenvalue weighted by molar-refractivity contribution is 5.35. The molecule has 0 amide bonds. The Hall–Kier alpha value is -1.06. The van der Waals surface area contributed by atoms with Gasteiger partial charge in [-0.05, 0) is 30.7 Å². The standard InChI is InChI=1S/C9H13NO2/c10-4-3-7-1-2-9(12)8(5-7)6-11/h1-2,5,11-12H,3-4,6,10H2. The fourth-order valence-electron chi connectivity index (χ4n) is 1.09. The molecule has 0 aliphatic heterocycles. The molecule has 12 heavy (non-hydrogen) atoms. The van der Waals surface area contributed by atoms with Crippen molar-refractivity contribution in [3.8, 4) is 5.75 Å². The second kappa shape index (κ2) is 4.09. The van der Waals surface area contributed by atoms with Gasteiger partial charge in [0.1, 0.15) is 5.75 Å². The van der Waals surface area contributed by atoms with Crippen LogP contribution >= 0.6 is 0 Å². The summed E-state index contributed by atoms with van der Waals surface area (Å²) in [5.41, 5.74) is 6.96. The first kappa shape index (κ1) is 9.03. The Labute approximate surface area is 71.5 Å². The second-order valence-electron chi connectivity index (χ2n) is 2.66. The van der Waals surface area contributed by atoms with Gasteiger partial charge in [-0.3, -0.25) is 0 Å². The van der Waals surface area contributed by atoms with Gasteiger partial charge in [0.25, 0.3) is 0 Å². The molecule has 3 heteroatoms. The number of hydrogen-bond acceptors (Lipinski definition) is 3. The Balaban J connectivity index is 2.89. The fourth-order valence-corrected chi connectivity index (χ4v) is 1.09. The van der Waals surface area contributed by atoms with Gasteiger partial charge in [0.15, 0.2) is 0 Å². The van der Waals surface area contributed by atoms with Crippen LogP contribution < -0.4 is 5.73 Å². The minimum absolute atomic E-state index is 0.135. The van der Waals surface area contributed by atoms with Gasteiger partial charge in [-0.1, -0.05) is 6.07 Å². The summed E-state index contributed by atoms with van der Waals surface area (Å²) in [6, 6.07) is 5.15. The molecule has 0 heterocycles. The summed E-state index contributed by atoms with van der Waals surface area (Å²) in [5, 5.41) is 18.0. The fraction of sp³-hybridized carbons (Fsp3) is 0.333. The number of nitrogens with two attached hydrogens (primary N) is 1. The minimum atomic E-state index is -0.135. The molecule has 0 aromatic heterocycles. The Kier molecular flexibility index (Phi) is 3.08. The molecule has 1 aromatic carbocycles. The highest BCUT2D eigenvalue weighted by Crippen LogP contribution is 2.18. The quantitative estimate of drug-likeness (QED) is 0.610. The van der Waals surface area contributed by atoms with Crippen molar-refractivity contribution in [1.29, 1.82) is 0 Å². The van der Waals surface area contributed by atoms with Gasteiger partial charge in [0.2, 0.25) is 0 Å². The first-order valence-corrected chi connectivity index (χ1v) is 3.89. The minimum Gasteiger partial charge on any atom is -0.508 e. The van der Waals surface area contributed by atoms with E-state index in [1.807, 2.05) is 0 Å². The van der Waals surface area contributed by atoms with Crippen LogP contribution in [0.2, 0.25) is 0 Å². The maximum Gasteiger partial charge on any atom is 0.121 e. The third kappa shape index (κ3) is 1.96. The van der Waals surface area contributed by atoms with E-state index in [-0.39, 0.29) is 12.4 Å². The van der Waals surface area contributed by atoms with E-state index in [1.54, 1.807) is 18.2 Å². The van der Waals surface area contributed by atoms with Gasteiger partial charge in [0.05, 0.1) is 6.61 Å². The monoisotopic (exact) mass is 167 g/mol. The van der Waals surface area contributed by atoms with E-state index in [9.17, 15) is 5.11 Å². The van der Waals surface area contributed by atoms with E-state index in [0.717, 1.165) is 12.0 Å². The molecule has 0 aliphatic carbocycles. The number of aliphatic hydroxyl groups is 1. The predicted octanol–water partition coefficient (Wildman–Crippen LogP) is 0.386. The molecule has 0 fully saturated rings. The molecular formula is C9H13NO2. The number of phenols is 1. The van der Waals surface area contributed by atoms with Crippen LogP contribution in [0.1, 0.15) is 11.1 Å². The summed E-state index contributed by atoms with van der Waals surface area (Å²) in [6.45, 7) is 0.444. The van der Waals surface area contributed by atoms with E-state index >= 15 is 0 Å². The largest absolute Gasteiger partial charge is 0.508 e. The lowest BCUT2D eigenvalue weighted by atomic mass is 10.1. The van der Waals surface area contributed by atoms with Gasteiger partial charge >= 0.3 is 0 Å². The molecule has 4 N–H and O–H groups in total. The van der Waals surface area contributed by atoms with Crippen LogP contribution in [0.25, 0.3) is 0 Å². The number of aromatic hydroxyl groups is 1. The molecule has 66 valence electrons. The highest BCUT2D eigenvalue weighted by atomic mass is 16.3. The Morgan fingerprint density at radius 2 is 2.08 bits per heavy atom. The number of hydrogen-bond donors (Lipinski definition) is 3. The molecule has 1 aromatic rings. The van der Waals surface area contributed by atoms with E-state index < -0.39 is 0 Å². The lowest BCUT2D eigenvalue weighted by Crippen LogP contribution is -2.02. The van der Waals surface area contributed by atoms with E-state index in [1.165, 1.54) is 0 Å². The molecule has 0 saturated carbocycles. The SMILES string of the molecule is NCCc1ccc(O)c(CO)c1. The van der Waals surface area contributed by atoms with Crippen molar-refractivity contribution < 1.29 is 10.2 Å². The van der Waals surface area contributed by atoms with Crippen LogP contribution in [-0.2, 0) is 13.0 Å². The zero-order chi connectivity index (χ0) is 8.97. The average Bonchev–Trinajstić information content (AvgIpc) is 2.09. The summed E-state index contributed by atoms with van der Waals surface area (Å²) in [5.74, 6) is 0.137. The van der Waals surface area contributed by atoms with Gasteiger partial charge in [-0.2, -0.15) is 0 Å². The lowest BCUT2D eigenvalue weighted by Gasteiger charge is -2.03. The van der Waals surface area contributed by atoms with Gasteiger partial charge in [0, 0.05) is 5.56 Å². The topological polar surface area (TPSA) is 66.5 Å². The van der Waals surface area contributed by atoms with Crippen molar-refractivity contribution >= 4 is 0 Å². The number of benzene rings is 1. The predicted molar refractivity (Wildman–Crippen MR) is 46.8 cm³/mol. The molecule has 0 radical (unpaired) electrons. The van der Waals surface area contributed by atoms with Crippen LogP contribution in [0, 0.1) is 0 Å². The van der Waals surface area contributed by atoms with Crippen molar-refractivity contribution in [1.82, 2.24) is 0 Å². The number of aliphatic hydroxyl groups excluding tert-OH is 1. The van der Waals surface area contributed by atoms with Gasteiger partial charge < -0.3 is 15.9 Å². The summed E-state index contributed by atoms with van der Waals surface area (Å²) in [6.07, 6.45) is 0.771. The van der Waals surface area contributed by atoms with E-state index in [4.69, 9.17) is 10.8 Å². The first-order valence-electron chi connectivity index (χ1n) is 3.89. The van der Waals surface area contributed by atoms with Crippen molar-refractivity contribution in [3.05, 3.63) is 29.3 Å². The smallest absolute Gasteiger partial charge is 0.121 e. The lowest BCUT2D eigenvalue weighted by molar-refractivity contribution is 0.275. The first-order chi connectivity index (χ1) is 5.77. The molecule has 0 atom stereocenters. The van der Waals surface area contributed by atoms with Crippen molar-refractivity contribution in [3.63, 3.8) is 0 Å². The Morgan fingerprint density at radius 3 is 2.67 bits per heavy atom. The second-order valence-corrected chi connectivity index (χ2v) is 2.66. The molecule has 1 rings (SSSR count). The van der Waals surface area contributed by atoms with Crippen molar-refractivity contribution in [2.24, 2.45) is 5.73 Å². The van der Waals surface area contributed by atoms with Crippen LogP contribution in [0.5, 0.6) is 5.75 Å². The highest BCUT2D eigenvalue weighted by Gasteiger charge is 2.00. The van der Waals surface area contributed by atoms with Crippen molar-refractivity contribution in [2.75, 3.05) is 6.54 Å². The average molecular weight is 167 g/mol. The maximum atomic E-state index is 9.21. The van der Waals surface area contributed by atoms with Crippen molar-refractivity contribution in [2.45, 2.75) is 13.0 Å². The third-order valence-electron chi connectivity index (χ3n) is 1.75. The molecule has 0 bridgehead atoms. The zero-order valence-corrected chi connectivity index (χ0v) is 6.83. The maximum absolute atomic E-state index is 9.21. The Bertz CT molecular complexity index is 261. The molecule has 0 spiro atoms. The molecule has 0 saturated heterocycles. The van der Waals surface area contributed by atoms with Crippen LogP contribution in [0.15, 0.2) is 18.2 Å². The summed E-state index contributed by atoms with van der Waals surface area (Å²) >= 11 is 0. The van der Waals surface area contributed by atoms with E-state index in [0.29, 0.717) is 12.1 Å². The molecular weight excluding hydrogens is 154 g/mol. The normalized spacial score (nSPS) is 10.2. The van der Waals surface area contributed by atoms with E-state index in [2.05, 4.69) is 0 Å². The third-order valence-corrected chi connectivity index (χ3v) is 1.75.